The van der Waals surface area contributed by atoms with Crippen molar-refractivity contribution in [1.82, 2.24) is 20.3 Å². The maximum absolute atomic E-state index is 11.9. The number of hydrogen-bond acceptors (Lipinski definition) is 6. The monoisotopic (exact) mass is 338 g/mol. The molecule has 3 aromatic rings. The van der Waals surface area contributed by atoms with Crippen LogP contribution < -0.4 is 5.32 Å². The summed E-state index contributed by atoms with van der Waals surface area (Å²) in [6.07, 6.45) is 4.32. The first-order chi connectivity index (χ1) is 12.0. The molecule has 0 aliphatic rings. The molecule has 1 amide bonds. The van der Waals surface area contributed by atoms with Crippen molar-refractivity contribution in [2.45, 2.75) is 13.5 Å². The first-order valence-corrected chi connectivity index (χ1v) is 7.38. The van der Waals surface area contributed by atoms with E-state index in [0.717, 1.165) is 0 Å². The number of amides is 1. The highest BCUT2D eigenvalue weighted by molar-refractivity contribution is 5.95. The summed E-state index contributed by atoms with van der Waals surface area (Å²) in [6, 6.07) is 6.61. The first kappa shape index (κ1) is 16.3. The van der Waals surface area contributed by atoms with Gasteiger partial charge in [0.2, 0.25) is 0 Å². The minimum atomic E-state index is -1.02. The van der Waals surface area contributed by atoms with Crippen molar-refractivity contribution in [3.05, 3.63) is 65.9 Å². The summed E-state index contributed by atoms with van der Waals surface area (Å²) in [5.74, 6) is -0.608. The highest BCUT2D eigenvalue weighted by atomic mass is 16.4. The molecular formula is C17H14N4O4. The summed E-state index contributed by atoms with van der Waals surface area (Å²) in [5.41, 5.74) is 1.47. The molecule has 0 bridgehead atoms. The van der Waals surface area contributed by atoms with Crippen LogP contribution >= 0.6 is 0 Å². The number of oxazole rings is 1. The largest absolute Gasteiger partial charge is 0.478 e. The smallest absolute Gasteiger partial charge is 0.336 e. The quantitative estimate of drug-likeness (QED) is 0.731. The van der Waals surface area contributed by atoms with Crippen LogP contribution in [-0.2, 0) is 6.54 Å². The van der Waals surface area contributed by atoms with Gasteiger partial charge in [-0.25, -0.2) is 19.7 Å². The zero-order chi connectivity index (χ0) is 17.8. The molecule has 2 heterocycles. The zero-order valence-corrected chi connectivity index (χ0v) is 13.3. The molecule has 8 nitrogen and oxygen atoms in total. The highest BCUT2D eigenvalue weighted by Crippen LogP contribution is 2.22. The Kier molecular flexibility index (Phi) is 4.51. The van der Waals surface area contributed by atoms with Gasteiger partial charge in [0.05, 0.1) is 12.1 Å². The summed E-state index contributed by atoms with van der Waals surface area (Å²) >= 11 is 0. The third-order valence-electron chi connectivity index (χ3n) is 3.43. The standard InChI is InChI=1S/C17H14N4O4/c1-10-21-14(9-25-10)16(22)20-8-15-18-6-11(7-19-15)12-4-2-3-5-13(12)17(23)24/h2-7,9H,8H2,1H3,(H,20,22)(H,23,24). The average Bonchev–Trinajstić information content (AvgIpc) is 3.06. The fourth-order valence-corrected chi connectivity index (χ4v) is 2.22. The van der Waals surface area contributed by atoms with Crippen LogP contribution in [0.15, 0.2) is 47.3 Å². The summed E-state index contributed by atoms with van der Waals surface area (Å²) in [4.78, 5) is 35.4. The molecule has 0 saturated carbocycles. The van der Waals surface area contributed by atoms with Crippen LogP contribution in [0.5, 0.6) is 0 Å². The molecule has 0 atom stereocenters. The van der Waals surface area contributed by atoms with Crippen LogP contribution in [0.4, 0.5) is 0 Å². The summed E-state index contributed by atoms with van der Waals surface area (Å²) < 4.78 is 4.98. The highest BCUT2D eigenvalue weighted by Gasteiger charge is 2.13. The molecule has 0 aliphatic carbocycles. The number of carbonyl (C=O) groups is 2. The molecule has 2 N–H and O–H groups in total. The van der Waals surface area contributed by atoms with Gasteiger partial charge >= 0.3 is 5.97 Å². The van der Waals surface area contributed by atoms with Gasteiger partial charge in [-0.2, -0.15) is 0 Å². The molecular weight excluding hydrogens is 324 g/mol. The lowest BCUT2D eigenvalue weighted by molar-refractivity contribution is 0.0697. The summed E-state index contributed by atoms with van der Waals surface area (Å²) in [7, 11) is 0. The average molecular weight is 338 g/mol. The van der Waals surface area contributed by atoms with Gasteiger partial charge in [-0.1, -0.05) is 18.2 Å². The van der Waals surface area contributed by atoms with Crippen molar-refractivity contribution in [3.63, 3.8) is 0 Å². The Balaban J connectivity index is 1.71. The van der Waals surface area contributed by atoms with Crippen molar-refractivity contribution >= 4 is 11.9 Å². The number of carboxylic acid groups (broad SMARTS) is 1. The number of nitrogens with zero attached hydrogens (tertiary/aromatic N) is 3. The third kappa shape index (κ3) is 3.69. The molecule has 0 fully saturated rings. The molecule has 126 valence electrons. The number of carboxylic acids is 1. The number of hydrogen-bond donors (Lipinski definition) is 2. The molecule has 0 radical (unpaired) electrons. The second-order valence-electron chi connectivity index (χ2n) is 5.17. The Labute approximate surface area is 142 Å². The van der Waals surface area contributed by atoms with E-state index in [1.165, 1.54) is 24.7 Å². The molecule has 25 heavy (non-hydrogen) atoms. The fraction of sp³-hybridized carbons (Fsp3) is 0.118. The number of benzene rings is 1. The molecule has 0 unspecified atom stereocenters. The van der Waals surface area contributed by atoms with E-state index in [-0.39, 0.29) is 23.7 Å². The lowest BCUT2D eigenvalue weighted by atomic mass is 10.0. The van der Waals surface area contributed by atoms with Gasteiger partial charge in [-0.3, -0.25) is 4.79 Å². The molecule has 0 aliphatic heterocycles. The Morgan fingerprint density at radius 1 is 1.20 bits per heavy atom. The van der Waals surface area contributed by atoms with Crippen LogP contribution in [-0.4, -0.2) is 31.9 Å². The van der Waals surface area contributed by atoms with Crippen molar-refractivity contribution < 1.29 is 19.1 Å². The maximum Gasteiger partial charge on any atom is 0.336 e. The van der Waals surface area contributed by atoms with Crippen molar-refractivity contribution in [3.8, 4) is 11.1 Å². The number of aromatic carboxylic acids is 1. The molecule has 3 rings (SSSR count). The summed E-state index contributed by atoms with van der Waals surface area (Å²) in [6.45, 7) is 1.76. The SMILES string of the molecule is Cc1nc(C(=O)NCc2ncc(-c3ccccc3C(=O)O)cn2)co1. The normalized spacial score (nSPS) is 10.4. The number of rotatable bonds is 5. The van der Waals surface area contributed by atoms with Crippen molar-refractivity contribution in [2.24, 2.45) is 0 Å². The van der Waals surface area contributed by atoms with E-state index in [1.54, 1.807) is 25.1 Å². The Morgan fingerprint density at radius 3 is 2.56 bits per heavy atom. The minimum Gasteiger partial charge on any atom is -0.478 e. The van der Waals surface area contributed by atoms with E-state index >= 15 is 0 Å². The number of carbonyl (C=O) groups excluding carboxylic acids is 1. The lowest BCUT2D eigenvalue weighted by Crippen LogP contribution is -2.24. The zero-order valence-electron chi connectivity index (χ0n) is 13.3. The maximum atomic E-state index is 11.9. The van der Waals surface area contributed by atoms with E-state index in [4.69, 9.17) is 4.42 Å². The van der Waals surface area contributed by atoms with Gasteiger partial charge in [0.15, 0.2) is 11.6 Å². The minimum absolute atomic E-state index is 0.117. The van der Waals surface area contributed by atoms with Crippen LogP contribution in [0.3, 0.4) is 0 Å². The lowest BCUT2D eigenvalue weighted by Gasteiger charge is -2.06. The van der Waals surface area contributed by atoms with Crippen LogP contribution in [0.1, 0.15) is 32.6 Å². The predicted octanol–water partition coefficient (Wildman–Crippen LogP) is 2.07. The van der Waals surface area contributed by atoms with Gasteiger partial charge in [0, 0.05) is 24.9 Å². The topological polar surface area (TPSA) is 118 Å². The van der Waals surface area contributed by atoms with Crippen molar-refractivity contribution in [1.29, 1.82) is 0 Å². The number of aryl methyl sites for hydroxylation is 1. The van der Waals surface area contributed by atoms with Gasteiger partial charge in [-0.05, 0) is 11.6 Å². The van der Waals surface area contributed by atoms with Crippen LogP contribution in [0.25, 0.3) is 11.1 Å². The van der Waals surface area contributed by atoms with E-state index in [2.05, 4.69) is 20.3 Å². The van der Waals surface area contributed by atoms with Crippen LogP contribution in [0.2, 0.25) is 0 Å². The Morgan fingerprint density at radius 2 is 1.92 bits per heavy atom. The molecule has 0 saturated heterocycles. The second-order valence-corrected chi connectivity index (χ2v) is 5.17. The first-order valence-electron chi connectivity index (χ1n) is 7.38. The van der Waals surface area contributed by atoms with Gasteiger partial charge in [0.25, 0.3) is 5.91 Å². The second kappa shape index (κ2) is 6.91. The van der Waals surface area contributed by atoms with Gasteiger partial charge in [-0.15, -0.1) is 0 Å². The molecule has 1 aromatic carbocycles. The Hall–Kier alpha value is -3.55. The van der Waals surface area contributed by atoms with E-state index in [0.29, 0.717) is 22.8 Å². The molecule has 0 spiro atoms. The predicted molar refractivity (Wildman–Crippen MR) is 86.8 cm³/mol. The molecule has 8 heteroatoms. The van der Waals surface area contributed by atoms with E-state index in [1.807, 2.05) is 0 Å². The fourth-order valence-electron chi connectivity index (χ4n) is 2.22. The van der Waals surface area contributed by atoms with Crippen molar-refractivity contribution in [2.75, 3.05) is 0 Å². The van der Waals surface area contributed by atoms with Gasteiger partial charge < -0.3 is 14.8 Å². The molecule has 2 aromatic heterocycles. The number of aromatic nitrogens is 3. The number of nitrogens with one attached hydrogen (secondary N) is 1. The van der Waals surface area contributed by atoms with E-state index in [9.17, 15) is 14.7 Å². The summed E-state index contributed by atoms with van der Waals surface area (Å²) in [5, 5.41) is 11.9. The Bertz CT molecular complexity index is 918. The van der Waals surface area contributed by atoms with E-state index < -0.39 is 5.97 Å². The van der Waals surface area contributed by atoms with Crippen LogP contribution in [0, 0.1) is 6.92 Å². The third-order valence-corrected chi connectivity index (χ3v) is 3.43. The van der Waals surface area contributed by atoms with Gasteiger partial charge in [0.1, 0.15) is 12.1 Å².